The second kappa shape index (κ2) is 5.38. The van der Waals surface area contributed by atoms with Crippen molar-refractivity contribution in [3.05, 3.63) is 0 Å². The highest BCUT2D eigenvalue weighted by atomic mass is 16.2. The van der Waals surface area contributed by atoms with Crippen molar-refractivity contribution in [1.29, 1.82) is 0 Å². The second-order valence-corrected chi connectivity index (χ2v) is 5.92. The fourth-order valence-corrected chi connectivity index (χ4v) is 3.12. The van der Waals surface area contributed by atoms with Crippen LogP contribution >= 0.6 is 0 Å². The summed E-state index contributed by atoms with van der Waals surface area (Å²) in [5, 5.41) is 6.57. The van der Waals surface area contributed by atoms with Crippen LogP contribution in [0.4, 0.5) is 0 Å². The number of carbonyl (C=O) groups excluding carboxylic acids is 1. The van der Waals surface area contributed by atoms with E-state index in [0.717, 1.165) is 25.9 Å². The lowest BCUT2D eigenvalue weighted by molar-refractivity contribution is -0.123. The smallest absolute Gasteiger partial charge is 0.223 e. The first-order chi connectivity index (χ1) is 8.18. The molecular weight excluding hydrogens is 212 g/mol. The largest absolute Gasteiger partial charge is 0.353 e. The Morgan fingerprint density at radius 1 is 1.47 bits per heavy atom. The van der Waals surface area contributed by atoms with E-state index >= 15 is 0 Å². The molecule has 1 aliphatic carbocycles. The molecule has 1 spiro atoms. The van der Waals surface area contributed by atoms with E-state index < -0.39 is 0 Å². The van der Waals surface area contributed by atoms with Crippen LogP contribution in [0.2, 0.25) is 0 Å². The molecule has 98 valence electrons. The maximum Gasteiger partial charge on any atom is 0.223 e. The van der Waals surface area contributed by atoms with Crippen LogP contribution in [-0.2, 0) is 4.79 Å². The number of carbonyl (C=O) groups is 1. The predicted octanol–water partition coefficient (Wildman–Crippen LogP) is 2.07. The first kappa shape index (κ1) is 12.9. The van der Waals surface area contributed by atoms with Gasteiger partial charge in [0.2, 0.25) is 5.91 Å². The molecule has 3 nitrogen and oxygen atoms in total. The van der Waals surface area contributed by atoms with Crippen LogP contribution < -0.4 is 10.6 Å². The number of amides is 1. The van der Waals surface area contributed by atoms with Crippen LogP contribution in [0.1, 0.15) is 52.4 Å². The summed E-state index contributed by atoms with van der Waals surface area (Å²) in [5.41, 5.74) is 0.375. The Morgan fingerprint density at radius 3 is 2.82 bits per heavy atom. The molecule has 2 fully saturated rings. The zero-order chi connectivity index (χ0) is 12.3. The zero-order valence-electron chi connectivity index (χ0n) is 11.2. The Balaban J connectivity index is 1.74. The van der Waals surface area contributed by atoms with Gasteiger partial charge in [0, 0.05) is 12.0 Å². The maximum atomic E-state index is 12.1. The molecule has 0 bridgehead atoms. The van der Waals surface area contributed by atoms with Crippen molar-refractivity contribution in [2.75, 3.05) is 13.1 Å². The lowest BCUT2D eigenvalue weighted by Crippen LogP contribution is -2.37. The predicted molar refractivity (Wildman–Crippen MR) is 69.8 cm³/mol. The monoisotopic (exact) mass is 238 g/mol. The number of unbranched alkanes of at least 4 members (excludes halogenated alkanes) is 1. The minimum Gasteiger partial charge on any atom is -0.353 e. The third-order valence-electron chi connectivity index (χ3n) is 4.48. The first-order valence-corrected chi connectivity index (χ1v) is 7.19. The van der Waals surface area contributed by atoms with Crippen LogP contribution in [0.5, 0.6) is 0 Å². The SMILES string of the molecule is CCCCC(C)NC(=O)C1CC12CCNCC2. The Bertz CT molecular complexity index is 271. The molecule has 1 aliphatic heterocycles. The van der Waals surface area contributed by atoms with Gasteiger partial charge in [-0.2, -0.15) is 0 Å². The van der Waals surface area contributed by atoms with Crippen LogP contribution in [-0.4, -0.2) is 25.0 Å². The van der Waals surface area contributed by atoms with Crippen molar-refractivity contribution in [3.63, 3.8) is 0 Å². The quantitative estimate of drug-likeness (QED) is 0.770. The summed E-state index contributed by atoms with van der Waals surface area (Å²) in [7, 11) is 0. The van der Waals surface area contributed by atoms with Gasteiger partial charge >= 0.3 is 0 Å². The molecule has 0 radical (unpaired) electrons. The summed E-state index contributed by atoms with van der Waals surface area (Å²) in [6.07, 6.45) is 7.04. The lowest BCUT2D eigenvalue weighted by atomic mass is 9.91. The summed E-state index contributed by atoms with van der Waals surface area (Å²) >= 11 is 0. The van der Waals surface area contributed by atoms with Crippen molar-refractivity contribution >= 4 is 5.91 Å². The van der Waals surface area contributed by atoms with Gasteiger partial charge in [-0.25, -0.2) is 0 Å². The molecule has 0 aromatic carbocycles. The molecule has 1 saturated heterocycles. The second-order valence-electron chi connectivity index (χ2n) is 5.92. The molecule has 3 heteroatoms. The molecule has 1 amide bonds. The molecule has 1 saturated carbocycles. The van der Waals surface area contributed by atoms with Crippen LogP contribution in [0.15, 0.2) is 0 Å². The van der Waals surface area contributed by atoms with Crippen molar-refractivity contribution < 1.29 is 4.79 Å². The van der Waals surface area contributed by atoms with E-state index in [-0.39, 0.29) is 0 Å². The molecule has 2 unspecified atom stereocenters. The van der Waals surface area contributed by atoms with Gasteiger partial charge in [0.25, 0.3) is 0 Å². The molecule has 2 atom stereocenters. The molecule has 2 N–H and O–H groups in total. The molecular formula is C14H26N2O. The van der Waals surface area contributed by atoms with Gasteiger partial charge < -0.3 is 10.6 Å². The first-order valence-electron chi connectivity index (χ1n) is 7.19. The molecule has 2 aliphatic rings. The Morgan fingerprint density at radius 2 is 2.18 bits per heavy atom. The third kappa shape index (κ3) is 3.01. The minimum atomic E-state index is 0.314. The van der Waals surface area contributed by atoms with E-state index in [1.165, 1.54) is 25.7 Å². The summed E-state index contributed by atoms with van der Waals surface area (Å²) in [6, 6.07) is 0.349. The van der Waals surface area contributed by atoms with Crippen LogP contribution in [0.25, 0.3) is 0 Å². The molecule has 2 rings (SSSR count). The van der Waals surface area contributed by atoms with Crippen molar-refractivity contribution in [2.24, 2.45) is 11.3 Å². The topological polar surface area (TPSA) is 41.1 Å². The van der Waals surface area contributed by atoms with Crippen LogP contribution in [0, 0.1) is 11.3 Å². The van der Waals surface area contributed by atoms with Gasteiger partial charge in [-0.05, 0) is 51.1 Å². The minimum absolute atomic E-state index is 0.314. The highest BCUT2D eigenvalue weighted by Gasteiger charge is 2.57. The van der Waals surface area contributed by atoms with E-state index in [1.54, 1.807) is 0 Å². The number of piperidine rings is 1. The number of hydrogen-bond donors (Lipinski definition) is 2. The van der Waals surface area contributed by atoms with Gasteiger partial charge in [-0.15, -0.1) is 0 Å². The average molecular weight is 238 g/mol. The van der Waals surface area contributed by atoms with Gasteiger partial charge in [0.15, 0.2) is 0 Å². The highest BCUT2D eigenvalue weighted by molar-refractivity contribution is 5.82. The summed E-state index contributed by atoms with van der Waals surface area (Å²) in [5.74, 6) is 0.629. The summed E-state index contributed by atoms with van der Waals surface area (Å²) in [6.45, 7) is 6.51. The Hall–Kier alpha value is -0.570. The molecule has 0 aromatic rings. The van der Waals surface area contributed by atoms with E-state index in [1.807, 2.05) is 0 Å². The number of rotatable bonds is 5. The van der Waals surface area contributed by atoms with Gasteiger partial charge in [-0.3, -0.25) is 4.79 Å². The van der Waals surface area contributed by atoms with Crippen molar-refractivity contribution in [1.82, 2.24) is 10.6 Å². The zero-order valence-corrected chi connectivity index (χ0v) is 11.2. The van der Waals surface area contributed by atoms with Crippen molar-refractivity contribution in [2.45, 2.75) is 58.4 Å². The van der Waals surface area contributed by atoms with E-state index in [2.05, 4.69) is 24.5 Å². The lowest BCUT2D eigenvalue weighted by Gasteiger charge is -2.23. The molecule has 0 aromatic heterocycles. The van der Waals surface area contributed by atoms with Gasteiger partial charge in [0.05, 0.1) is 0 Å². The summed E-state index contributed by atoms with van der Waals surface area (Å²) in [4.78, 5) is 12.1. The average Bonchev–Trinajstić information content (AvgIpc) is 3.01. The Kier molecular flexibility index (Phi) is 4.08. The fourth-order valence-electron chi connectivity index (χ4n) is 3.12. The Labute approximate surface area is 105 Å². The van der Waals surface area contributed by atoms with E-state index in [4.69, 9.17) is 0 Å². The van der Waals surface area contributed by atoms with Crippen molar-refractivity contribution in [3.8, 4) is 0 Å². The highest BCUT2D eigenvalue weighted by Crippen LogP contribution is 2.58. The van der Waals surface area contributed by atoms with Crippen LogP contribution in [0.3, 0.4) is 0 Å². The third-order valence-corrected chi connectivity index (χ3v) is 4.48. The van der Waals surface area contributed by atoms with Gasteiger partial charge in [0.1, 0.15) is 0 Å². The van der Waals surface area contributed by atoms with Gasteiger partial charge in [-0.1, -0.05) is 19.8 Å². The van der Waals surface area contributed by atoms with E-state index in [9.17, 15) is 4.79 Å². The fraction of sp³-hybridized carbons (Fsp3) is 0.929. The molecule has 1 heterocycles. The number of nitrogens with one attached hydrogen (secondary N) is 2. The summed E-state index contributed by atoms with van der Waals surface area (Å²) < 4.78 is 0. The van der Waals surface area contributed by atoms with E-state index in [0.29, 0.717) is 23.3 Å². The standard InChI is InChI=1S/C14H26N2O/c1-3-4-5-11(2)16-13(17)12-10-14(12)6-8-15-9-7-14/h11-12,15H,3-10H2,1-2H3,(H,16,17). The number of hydrogen-bond acceptors (Lipinski definition) is 2. The maximum absolute atomic E-state index is 12.1. The molecule has 17 heavy (non-hydrogen) atoms. The normalized spacial score (nSPS) is 27.8.